The molecule has 3 nitrogen and oxygen atoms in total. The van der Waals surface area contributed by atoms with E-state index in [1.54, 1.807) is 6.07 Å². The molecule has 2 aliphatic rings. The van der Waals surface area contributed by atoms with Gasteiger partial charge in [-0.1, -0.05) is 23.2 Å². The van der Waals surface area contributed by atoms with E-state index in [-0.39, 0.29) is 24.9 Å². The SMILES string of the molecule is OC[C@@H]1O[C@@H]2C[C@H]1Nc1c(Cl)cc(Cl)cc12. The zero-order valence-corrected chi connectivity index (χ0v) is 9.92. The van der Waals surface area contributed by atoms with E-state index in [9.17, 15) is 5.11 Å². The summed E-state index contributed by atoms with van der Waals surface area (Å²) in [4.78, 5) is 0. The van der Waals surface area contributed by atoms with Gasteiger partial charge in [0.2, 0.25) is 0 Å². The lowest BCUT2D eigenvalue weighted by Crippen LogP contribution is -2.32. The minimum Gasteiger partial charge on any atom is -0.394 e. The second kappa shape index (κ2) is 3.77. The summed E-state index contributed by atoms with van der Waals surface area (Å²) in [5.41, 5.74) is 1.88. The molecule has 3 rings (SSSR count). The van der Waals surface area contributed by atoms with Crippen molar-refractivity contribution in [3.05, 3.63) is 27.7 Å². The zero-order chi connectivity index (χ0) is 11.3. The first-order chi connectivity index (χ1) is 7.69. The van der Waals surface area contributed by atoms with E-state index in [2.05, 4.69) is 5.32 Å². The standard InChI is InChI=1S/C11H11Cl2NO2/c12-5-1-6-9-3-8(10(4-15)16-9)14-11(6)7(13)2-5/h1-2,8-10,14-15H,3-4H2/t8-,9-,10+/m1/s1. The number of benzene rings is 1. The lowest BCUT2D eigenvalue weighted by Gasteiger charge is -2.25. The van der Waals surface area contributed by atoms with Gasteiger partial charge in [-0.15, -0.1) is 0 Å². The summed E-state index contributed by atoms with van der Waals surface area (Å²) < 4.78 is 5.74. The number of fused-ring (bicyclic) bond motifs is 4. The van der Waals surface area contributed by atoms with Gasteiger partial charge >= 0.3 is 0 Å². The van der Waals surface area contributed by atoms with Crippen LogP contribution in [0.25, 0.3) is 0 Å². The fourth-order valence-corrected chi connectivity index (χ4v) is 3.02. The number of hydrogen-bond donors (Lipinski definition) is 2. The van der Waals surface area contributed by atoms with Crippen LogP contribution in [0.1, 0.15) is 18.1 Å². The van der Waals surface area contributed by atoms with E-state index < -0.39 is 0 Å². The number of aliphatic hydroxyl groups excluding tert-OH is 1. The number of nitrogens with one attached hydrogen (secondary N) is 1. The second-order valence-electron chi connectivity index (χ2n) is 4.18. The molecule has 0 radical (unpaired) electrons. The molecule has 2 bridgehead atoms. The van der Waals surface area contributed by atoms with Crippen LogP contribution in [0.4, 0.5) is 5.69 Å². The van der Waals surface area contributed by atoms with E-state index in [1.807, 2.05) is 6.07 Å². The molecular formula is C11H11Cl2NO2. The average Bonchev–Trinajstić information content (AvgIpc) is 2.59. The lowest BCUT2D eigenvalue weighted by atomic mass is 9.96. The minimum atomic E-state index is -0.160. The van der Waals surface area contributed by atoms with Gasteiger partial charge in [-0.3, -0.25) is 0 Å². The normalized spacial score (nSPS) is 31.1. The topological polar surface area (TPSA) is 41.5 Å². The molecule has 86 valence electrons. The highest BCUT2D eigenvalue weighted by atomic mass is 35.5. The van der Waals surface area contributed by atoms with Gasteiger partial charge in [0.25, 0.3) is 0 Å². The molecule has 1 aromatic rings. The Morgan fingerprint density at radius 1 is 1.44 bits per heavy atom. The molecule has 3 atom stereocenters. The molecule has 2 aliphatic heterocycles. The highest BCUT2D eigenvalue weighted by Crippen LogP contribution is 2.46. The maximum absolute atomic E-state index is 9.19. The largest absolute Gasteiger partial charge is 0.394 e. The fourth-order valence-electron chi connectivity index (χ4n) is 2.45. The molecule has 0 unspecified atom stereocenters. The number of halogens is 2. The molecule has 1 saturated heterocycles. The summed E-state index contributed by atoms with van der Waals surface area (Å²) in [6.07, 6.45) is 0.691. The Labute approximate surface area is 103 Å². The molecular weight excluding hydrogens is 249 g/mol. The smallest absolute Gasteiger partial charge is 0.102 e. The Morgan fingerprint density at radius 2 is 2.25 bits per heavy atom. The van der Waals surface area contributed by atoms with Crippen molar-refractivity contribution >= 4 is 28.9 Å². The number of hydrogen-bond acceptors (Lipinski definition) is 3. The van der Waals surface area contributed by atoms with Gasteiger partial charge in [0.1, 0.15) is 6.10 Å². The Balaban J connectivity index is 2.06. The van der Waals surface area contributed by atoms with Crippen molar-refractivity contribution < 1.29 is 9.84 Å². The maximum Gasteiger partial charge on any atom is 0.102 e. The predicted molar refractivity (Wildman–Crippen MR) is 63.2 cm³/mol. The Kier molecular flexibility index (Phi) is 2.51. The quantitative estimate of drug-likeness (QED) is 0.815. The van der Waals surface area contributed by atoms with Crippen LogP contribution in [0.15, 0.2) is 12.1 Å². The molecule has 2 heterocycles. The van der Waals surface area contributed by atoms with Crippen molar-refractivity contribution in [2.24, 2.45) is 0 Å². The van der Waals surface area contributed by atoms with Gasteiger partial charge in [-0.05, 0) is 12.1 Å². The van der Waals surface area contributed by atoms with Crippen LogP contribution in [0, 0.1) is 0 Å². The van der Waals surface area contributed by atoms with Crippen molar-refractivity contribution in [2.45, 2.75) is 24.7 Å². The van der Waals surface area contributed by atoms with Crippen LogP contribution < -0.4 is 5.32 Å². The Morgan fingerprint density at radius 3 is 3.00 bits per heavy atom. The summed E-state index contributed by atoms with van der Waals surface area (Å²) in [5, 5.41) is 13.7. The Hall–Kier alpha value is -0.480. The minimum absolute atomic E-state index is 0.00500. The van der Waals surface area contributed by atoms with E-state index >= 15 is 0 Å². The molecule has 1 fully saturated rings. The molecule has 0 aliphatic carbocycles. The third kappa shape index (κ3) is 1.51. The predicted octanol–water partition coefficient (Wildman–Crippen LogP) is 2.61. The summed E-state index contributed by atoms with van der Waals surface area (Å²) in [5.74, 6) is 0. The molecule has 0 saturated carbocycles. The van der Waals surface area contributed by atoms with Crippen LogP contribution in [-0.2, 0) is 4.74 Å². The van der Waals surface area contributed by atoms with Gasteiger partial charge < -0.3 is 15.2 Å². The van der Waals surface area contributed by atoms with Gasteiger partial charge in [0.15, 0.2) is 0 Å². The molecule has 0 amide bonds. The fraction of sp³-hybridized carbons (Fsp3) is 0.455. The summed E-state index contributed by atoms with van der Waals surface area (Å²) >= 11 is 12.1. The summed E-state index contributed by atoms with van der Waals surface area (Å²) in [6.45, 7) is 0.0213. The van der Waals surface area contributed by atoms with Gasteiger partial charge in [0.05, 0.1) is 29.5 Å². The number of ether oxygens (including phenoxy) is 1. The highest BCUT2D eigenvalue weighted by Gasteiger charge is 2.41. The van der Waals surface area contributed by atoms with E-state index in [0.29, 0.717) is 10.0 Å². The van der Waals surface area contributed by atoms with Crippen LogP contribution >= 0.6 is 23.2 Å². The van der Waals surface area contributed by atoms with Crippen molar-refractivity contribution in [2.75, 3.05) is 11.9 Å². The van der Waals surface area contributed by atoms with E-state index in [4.69, 9.17) is 27.9 Å². The first kappa shape index (κ1) is 10.7. The first-order valence-electron chi connectivity index (χ1n) is 5.21. The van der Waals surface area contributed by atoms with Gasteiger partial charge in [-0.25, -0.2) is 0 Å². The molecule has 0 aromatic heterocycles. The summed E-state index contributed by atoms with van der Waals surface area (Å²) in [6, 6.07) is 3.73. The van der Waals surface area contributed by atoms with Crippen molar-refractivity contribution in [1.82, 2.24) is 0 Å². The van der Waals surface area contributed by atoms with Crippen molar-refractivity contribution in [3.8, 4) is 0 Å². The monoisotopic (exact) mass is 259 g/mol. The van der Waals surface area contributed by atoms with Gasteiger partial charge in [0, 0.05) is 17.0 Å². The molecule has 1 aromatic carbocycles. The maximum atomic E-state index is 9.19. The van der Waals surface area contributed by atoms with Crippen LogP contribution in [0.2, 0.25) is 10.0 Å². The second-order valence-corrected chi connectivity index (χ2v) is 5.03. The average molecular weight is 260 g/mol. The Bertz CT molecular complexity index is 438. The van der Waals surface area contributed by atoms with Crippen LogP contribution in [-0.4, -0.2) is 23.9 Å². The third-order valence-electron chi connectivity index (χ3n) is 3.20. The number of anilines is 1. The molecule has 0 spiro atoms. The number of aliphatic hydroxyl groups is 1. The third-order valence-corrected chi connectivity index (χ3v) is 3.71. The van der Waals surface area contributed by atoms with Crippen LogP contribution in [0.5, 0.6) is 0 Å². The van der Waals surface area contributed by atoms with E-state index in [1.165, 1.54) is 0 Å². The van der Waals surface area contributed by atoms with Crippen molar-refractivity contribution in [3.63, 3.8) is 0 Å². The summed E-state index contributed by atoms with van der Waals surface area (Å²) in [7, 11) is 0. The zero-order valence-electron chi connectivity index (χ0n) is 8.41. The van der Waals surface area contributed by atoms with Crippen molar-refractivity contribution in [1.29, 1.82) is 0 Å². The van der Waals surface area contributed by atoms with Crippen LogP contribution in [0.3, 0.4) is 0 Å². The van der Waals surface area contributed by atoms with Gasteiger partial charge in [-0.2, -0.15) is 0 Å². The highest BCUT2D eigenvalue weighted by molar-refractivity contribution is 6.36. The van der Waals surface area contributed by atoms with E-state index in [0.717, 1.165) is 17.7 Å². The first-order valence-corrected chi connectivity index (χ1v) is 5.96. The molecule has 2 N–H and O–H groups in total. The lowest BCUT2D eigenvalue weighted by molar-refractivity contribution is 0.0113. The molecule has 5 heteroatoms. The number of rotatable bonds is 1. The molecule has 16 heavy (non-hydrogen) atoms.